The Kier molecular flexibility index (Phi) is 3.95. The van der Waals surface area contributed by atoms with Crippen LogP contribution in [0, 0.1) is 10.1 Å². The van der Waals surface area contributed by atoms with E-state index < -0.39 is 4.92 Å². The minimum atomic E-state index is -0.591. The molecule has 104 valence electrons. The Morgan fingerprint density at radius 3 is 2.95 bits per heavy atom. The van der Waals surface area contributed by atoms with Crippen molar-refractivity contribution in [1.29, 1.82) is 0 Å². The number of nitrogens with two attached hydrogens (primary N) is 1. The van der Waals surface area contributed by atoms with E-state index in [4.69, 9.17) is 10.5 Å². The second-order valence-electron chi connectivity index (χ2n) is 4.15. The number of aromatic nitrogens is 2. The summed E-state index contributed by atoms with van der Waals surface area (Å²) in [4.78, 5) is 18.2. The molecule has 1 aromatic heterocycles. The van der Waals surface area contributed by atoms with Gasteiger partial charge in [-0.15, -0.1) is 0 Å². The average molecular weight is 268 g/mol. The van der Waals surface area contributed by atoms with Crippen LogP contribution >= 0.6 is 0 Å². The Hall–Kier alpha value is -2.16. The number of nitrogens with one attached hydrogen (secondary N) is 2. The van der Waals surface area contributed by atoms with Crippen molar-refractivity contribution in [3.63, 3.8) is 0 Å². The fourth-order valence-electron chi connectivity index (χ4n) is 1.90. The number of ether oxygens (including phenoxy) is 1. The molecule has 2 rings (SSSR count). The van der Waals surface area contributed by atoms with Gasteiger partial charge < -0.3 is 21.1 Å². The van der Waals surface area contributed by atoms with Gasteiger partial charge in [-0.3, -0.25) is 10.1 Å². The van der Waals surface area contributed by atoms with Gasteiger partial charge in [-0.2, -0.15) is 9.97 Å². The molecular weight excluding hydrogens is 252 g/mol. The summed E-state index contributed by atoms with van der Waals surface area (Å²) < 4.78 is 5.44. The second kappa shape index (κ2) is 5.65. The van der Waals surface area contributed by atoms with Gasteiger partial charge in [-0.05, 0) is 12.8 Å². The summed E-state index contributed by atoms with van der Waals surface area (Å²) in [7, 11) is 1.62. The van der Waals surface area contributed by atoms with Gasteiger partial charge in [0.15, 0.2) is 0 Å². The molecule has 0 bridgehead atoms. The van der Waals surface area contributed by atoms with Crippen LogP contribution in [-0.4, -0.2) is 41.2 Å². The Labute approximate surface area is 109 Å². The molecule has 2 heterocycles. The molecule has 4 N–H and O–H groups in total. The number of hydrogen-bond acceptors (Lipinski definition) is 8. The Bertz CT molecular complexity index is 475. The zero-order chi connectivity index (χ0) is 13.8. The van der Waals surface area contributed by atoms with E-state index in [1.807, 2.05) is 0 Å². The quantitative estimate of drug-likeness (QED) is 0.523. The second-order valence-corrected chi connectivity index (χ2v) is 4.15. The minimum Gasteiger partial charge on any atom is -0.378 e. The van der Waals surface area contributed by atoms with Gasteiger partial charge in [0.2, 0.25) is 17.6 Å². The SMILES string of the molecule is CNc1nc(N)c([N+](=O)[O-])c(NC[C@H]2CCCO2)n1. The maximum Gasteiger partial charge on any atom is 0.353 e. The van der Waals surface area contributed by atoms with Crippen LogP contribution in [0.15, 0.2) is 0 Å². The molecule has 1 aliphatic rings. The predicted octanol–water partition coefficient (Wildman–Crippen LogP) is 0.600. The number of anilines is 3. The number of nitrogens with zero attached hydrogens (tertiary/aromatic N) is 3. The standard InChI is InChI=1S/C10H16N6O3/c1-12-10-14-8(11)7(16(17)18)9(15-10)13-5-6-3-2-4-19-6/h6H,2-5H2,1H3,(H4,11,12,13,14,15)/t6-/m1/s1. The van der Waals surface area contributed by atoms with E-state index in [9.17, 15) is 10.1 Å². The van der Waals surface area contributed by atoms with Gasteiger partial charge in [0.05, 0.1) is 11.0 Å². The zero-order valence-electron chi connectivity index (χ0n) is 10.5. The lowest BCUT2D eigenvalue weighted by Gasteiger charge is -2.12. The largest absolute Gasteiger partial charge is 0.378 e. The van der Waals surface area contributed by atoms with Crippen LogP contribution in [0.3, 0.4) is 0 Å². The van der Waals surface area contributed by atoms with Crippen LogP contribution in [0.1, 0.15) is 12.8 Å². The molecule has 1 atom stereocenters. The lowest BCUT2D eigenvalue weighted by atomic mass is 10.2. The summed E-state index contributed by atoms with van der Waals surface area (Å²) in [6, 6.07) is 0. The van der Waals surface area contributed by atoms with Gasteiger partial charge in [0, 0.05) is 20.2 Å². The molecule has 9 nitrogen and oxygen atoms in total. The van der Waals surface area contributed by atoms with E-state index in [0.717, 1.165) is 19.4 Å². The molecular formula is C10H16N6O3. The normalized spacial score (nSPS) is 18.3. The van der Waals surface area contributed by atoms with Crippen molar-refractivity contribution in [3.8, 4) is 0 Å². The molecule has 0 spiro atoms. The maximum absolute atomic E-state index is 11.0. The van der Waals surface area contributed by atoms with Crippen molar-refractivity contribution < 1.29 is 9.66 Å². The van der Waals surface area contributed by atoms with Crippen molar-refractivity contribution in [2.45, 2.75) is 18.9 Å². The maximum atomic E-state index is 11.0. The molecule has 1 fully saturated rings. The highest BCUT2D eigenvalue weighted by Crippen LogP contribution is 2.29. The van der Waals surface area contributed by atoms with E-state index in [0.29, 0.717) is 6.54 Å². The summed E-state index contributed by atoms with van der Waals surface area (Å²) in [5, 5.41) is 16.6. The predicted molar refractivity (Wildman–Crippen MR) is 70.1 cm³/mol. The van der Waals surface area contributed by atoms with Gasteiger partial charge in [-0.25, -0.2) is 0 Å². The van der Waals surface area contributed by atoms with E-state index in [1.165, 1.54) is 0 Å². The summed E-state index contributed by atoms with van der Waals surface area (Å²) in [6.45, 7) is 1.18. The fraction of sp³-hybridized carbons (Fsp3) is 0.600. The molecule has 0 unspecified atom stereocenters. The van der Waals surface area contributed by atoms with E-state index >= 15 is 0 Å². The molecule has 0 aliphatic carbocycles. The van der Waals surface area contributed by atoms with Crippen molar-refractivity contribution >= 4 is 23.3 Å². The molecule has 1 aliphatic heterocycles. The number of rotatable bonds is 5. The van der Waals surface area contributed by atoms with Crippen molar-refractivity contribution in [3.05, 3.63) is 10.1 Å². The van der Waals surface area contributed by atoms with Gasteiger partial charge in [0.25, 0.3) is 0 Å². The number of hydrogen-bond donors (Lipinski definition) is 3. The molecule has 9 heteroatoms. The van der Waals surface area contributed by atoms with E-state index in [2.05, 4.69) is 20.6 Å². The molecule has 0 aromatic carbocycles. The van der Waals surface area contributed by atoms with Crippen LogP contribution < -0.4 is 16.4 Å². The molecule has 19 heavy (non-hydrogen) atoms. The van der Waals surface area contributed by atoms with Gasteiger partial charge in [0.1, 0.15) is 0 Å². The first-order valence-corrected chi connectivity index (χ1v) is 5.97. The topological polar surface area (TPSA) is 128 Å². The van der Waals surface area contributed by atoms with E-state index in [1.54, 1.807) is 7.05 Å². The van der Waals surface area contributed by atoms with Crippen molar-refractivity contribution in [2.75, 3.05) is 36.6 Å². The summed E-state index contributed by atoms with van der Waals surface area (Å²) >= 11 is 0. The first-order chi connectivity index (χ1) is 9.11. The highest BCUT2D eigenvalue weighted by atomic mass is 16.6. The van der Waals surface area contributed by atoms with E-state index in [-0.39, 0.29) is 29.4 Å². The lowest BCUT2D eigenvalue weighted by molar-refractivity contribution is -0.383. The first kappa shape index (κ1) is 13.3. The van der Waals surface area contributed by atoms with Crippen LogP contribution in [-0.2, 0) is 4.74 Å². The summed E-state index contributed by atoms with van der Waals surface area (Å²) in [5.74, 6) is 0.175. The first-order valence-electron chi connectivity index (χ1n) is 5.97. The van der Waals surface area contributed by atoms with Crippen LogP contribution in [0.5, 0.6) is 0 Å². The summed E-state index contributed by atoms with van der Waals surface area (Å²) in [5.41, 5.74) is 5.27. The number of nitro groups is 1. The molecule has 1 aromatic rings. The zero-order valence-corrected chi connectivity index (χ0v) is 10.5. The Morgan fingerprint density at radius 1 is 1.58 bits per heavy atom. The highest BCUT2D eigenvalue weighted by molar-refractivity contribution is 5.69. The minimum absolute atomic E-state index is 0.0498. The number of nitrogen functional groups attached to an aromatic ring is 1. The molecule has 0 saturated carbocycles. The highest BCUT2D eigenvalue weighted by Gasteiger charge is 2.24. The Morgan fingerprint density at radius 2 is 2.37 bits per heavy atom. The monoisotopic (exact) mass is 268 g/mol. The third-order valence-electron chi connectivity index (χ3n) is 2.84. The van der Waals surface area contributed by atoms with Crippen LogP contribution in [0.4, 0.5) is 23.3 Å². The van der Waals surface area contributed by atoms with Crippen molar-refractivity contribution in [2.24, 2.45) is 0 Å². The molecule has 0 amide bonds. The smallest absolute Gasteiger partial charge is 0.353 e. The Balaban J connectivity index is 2.20. The van der Waals surface area contributed by atoms with Gasteiger partial charge >= 0.3 is 5.69 Å². The summed E-state index contributed by atoms with van der Waals surface area (Å²) in [6.07, 6.45) is 1.98. The van der Waals surface area contributed by atoms with Crippen molar-refractivity contribution in [1.82, 2.24) is 9.97 Å². The average Bonchev–Trinajstić information content (AvgIpc) is 2.88. The van der Waals surface area contributed by atoms with Crippen LogP contribution in [0.2, 0.25) is 0 Å². The third kappa shape index (κ3) is 2.99. The van der Waals surface area contributed by atoms with Gasteiger partial charge in [-0.1, -0.05) is 0 Å². The lowest BCUT2D eigenvalue weighted by Crippen LogP contribution is -2.20. The fourth-order valence-corrected chi connectivity index (χ4v) is 1.90. The van der Waals surface area contributed by atoms with Crippen LogP contribution in [0.25, 0.3) is 0 Å². The molecule has 1 saturated heterocycles. The third-order valence-corrected chi connectivity index (χ3v) is 2.84. The molecule has 0 radical (unpaired) electrons.